The molecule has 0 radical (unpaired) electrons. The second-order valence-corrected chi connectivity index (χ2v) is 30.3. The molecule has 0 aliphatic heterocycles. The lowest BCUT2D eigenvalue weighted by Crippen LogP contribution is -1.94. The fourth-order valence-electron chi connectivity index (χ4n) is 21.2. The third-order valence-corrected chi connectivity index (χ3v) is 25.3. The topological polar surface area (TPSA) is 37.4 Å². The monoisotopic (exact) mass is 1370 g/mol. The van der Waals surface area contributed by atoms with E-state index >= 15 is 0 Å². The Bertz CT molecular complexity index is 8740. The molecular formula is C100H54N8. The summed E-state index contributed by atoms with van der Waals surface area (Å²) in [6, 6.07) is 124. The molecule has 8 nitrogen and oxygen atoms in total. The molecule has 12 heterocycles. The maximum absolute atomic E-state index is 2.66. The third kappa shape index (κ3) is 6.41. The van der Waals surface area contributed by atoms with Crippen molar-refractivity contribution in [3.63, 3.8) is 0 Å². The highest BCUT2D eigenvalue weighted by molar-refractivity contribution is 6.36. The molecule has 0 unspecified atom stereocenters. The van der Waals surface area contributed by atoms with E-state index in [1.54, 1.807) is 0 Å². The molecule has 0 saturated carbocycles. The molecule has 0 fully saturated rings. The van der Waals surface area contributed by atoms with Gasteiger partial charge in [0.05, 0.1) is 88.3 Å². The minimum atomic E-state index is 1.14. The number of hydrogen-bond acceptors (Lipinski definition) is 0. The molecule has 108 heavy (non-hydrogen) atoms. The number of benzene rings is 16. The average Bonchev–Trinajstić information content (AvgIpc) is 1.50. The minimum Gasteiger partial charge on any atom is -0.309 e. The molecule has 12 aromatic heterocycles. The van der Waals surface area contributed by atoms with E-state index in [9.17, 15) is 0 Å². The summed E-state index contributed by atoms with van der Waals surface area (Å²) in [5.74, 6) is 0. The van der Waals surface area contributed by atoms with Gasteiger partial charge in [0.2, 0.25) is 0 Å². The third-order valence-electron chi connectivity index (χ3n) is 25.3. The van der Waals surface area contributed by atoms with Crippen LogP contribution in [-0.2, 0) is 0 Å². The molecule has 28 rings (SSSR count). The van der Waals surface area contributed by atoms with Crippen LogP contribution in [0.15, 0.2) is 328 Å². The number of fused-ring (bicyclic) bond motifs is 34. The van der Waals surface area contributed by atoms with Crippen molar-refractivity contribution in [1.82, 2.24) is 35.9 Å². The van der Waals surface area contributed by atoms with E-state index in [1.807, 2.05) is 0 Å². The van der Waals surface area contributed by atoms with Crippen LogP contribution in [0.4, 0.5) is 0 Å². The first kappa shape index (κ1) is 55.0. The van der Waals surface area contributed by atoms with Gasteiger partial charge in [-0.2, -0.15) is 0 Å². The molecule has 0 saturated heterocycles. The summed E-state index contributed by atoms with van der Waals surface area (Å²) in [4.78, 5) is 0. The van der Waals surface area contributed by atoms with Crippen molar-refractivity contribution in [1.29, 1.82) is 0 Å². The van der Waals surface area contributed by atoms with E-state index in [4.69, 9.17) is 0 Å². The summed E-state index contributed by atoms with van der Waals surface area (Å²) in [5.41, 5.74) is 28.6. The summed E-state index contributed by atoms with van der Waals surface area (Å²) in [7, 11) is 0. The molecule has 8 heteroatoms. The van der Waals surface area contributed by atoms with E-state index in [0.717, 1.165) is 28.3 Å². The maximum atomic E-state index is 2.66. The molecule has 0 atom stereocenters. The number of nitrogens with zero attached hydrogens (tertiary/aromatic N) is 8. The highest BCUT2D eigenvalue weighted by Crippen LogP contribution is 2.53. The Kier molecular flexibility index (Phi) is 9.69. The molecule has 0 amide bonds. The zero-order chi connectivity index (χ0) is 69.4. The molecule has 0 bridgehead atoms. The first-order valence-electron chi connectivity index (χ1n) is 37.5. The van der Waals surface area contributed by atoms with Crippen LogP contribution in [0.2, 0.25) is 0 Å². The minimum absolute atomic E-state index is 1.14. The Morgan fingerprint density at radius 1 is 0.139 bits per heavy atom. The first-order valence-corrected chi connectivity index (χ1v) is 37.5. The Balaban J connectivity index is 0.751. The van der Waals surface area contributed by atoms with Gasteiger partial charge in [0.25, 0.3) is 0 Å². The quantitative estimate of drug-likeness (QED) is 0.165. The van der Waals surface area contributed by atoms with Crippen LogP contribution >= 0.6 is 0 Å². The van der Waals surface area contributed by atoms with Crippen LogP contribution in [0.1, 0.15) is 0 Å². The van der Waals surface area contributed by atoms with Gasteiger partial charge in [-0.3, -0.25) is 17.6 Å². The van der Waals surface area contributed by atoms with Gasteiger partial charge < -0.3 is 18.3 Å². The highest BCUT2D eigenvalue weighted by atomic mass is 15.1. The van der Waals surface area contributed by atoms with Crippen molar-refractivity contribution in [3.05, 3.63) is 328 Å². The fourth-order valence-corrected chi connectivity index (χ4v) is 21.2. The normalized spacial score (nSPS) is 13.0. The van der Waals surface area contributed by atoms with Crippen LogP contribution < -0.4 is 0 Å². The summed E-state index contributed by atoms with van der Waals surface area (Å²) in [6.07, 6.45) is 0. The fraction of sp³-hybridized carbons (Fsp3) is 0. The maximum Gasteiger partial charge on any atom is 0.131 e. The molecule has 0 N–H and O–H groups in total. The molecule has 0 aliphatic rings. The lowest BCUT2D eigenvalue weighted by Gasteiger charge is -2.10. The van der Waals surface area contributed by atoms with Crippen molar-refractivity contribution in [2.24, 2.45) is 0 Å². The van der Waals surface area contributed by atoms with Crippen molar-refractivity contribution in [2.75, 3.05) is 0 Å². The van der Waals surface area contributed by atoms with Gasteiger partial charge in [0.1, 0.15) is 11.3 Å². The Labute approximate surface area is 611 Å². The van der Waals surface area contributed by atoms with Gasteiger partial charge in [-0.25, -0.2) is 0 Å². The predicted molar refractivity (Wildman–Crippen MR) is 453 cm³/mol. The summed E-state index contributed by atoms with van der Waals surface area (Å²) in [5, 5.41) is 27.4. The summed E-state index contributed by atoms with van der Waals surface area (Å²) < 4.78 is 20.5. The standard InChI is InChI=1S/C100H54N8/c1-10-31-81-61(20-1)62-21-2-11-32-82(62)101(81)57-41-44-90-73(49-57)71-29-19-30-72-93-78-47-56(46-75-74-50-58(42-45-91(74)107(96(75)78)99(93)106(90)95(71)72)102-83-33-12-3-22-63(83)64-23-4-13-34-84(64)102)55-40-43-70-77-52-60(104-87-37-16-7-26-67(87)68-27-8-17-38-88(68)104)54-80-94-79-53-59(103-85-35-14-5-24-65(85)66-25-6-15-36-86(66)103)51-76-69-28-9-18-39-89(69)105(97(76)79)100(94)108(98(77)80)92(70)48-55/h1-54H. The van der Waals surface area contributed by atoms with Gasteiger partial charge in [-0.05, 0) is 145 Å². The van der Waals surface area contributed by atoms with Crippen LogP contribution in [0.5, 0.6) is 0 Å². The molecular weight excluding hydrogens is 1310 g/mol. The zero-order valence-corrected chi connectivity index (χ0v) is 57.8. The summed E-state index contributed by atoms with van der Waals surface area (Å²) in [6.45, 7) is 0. The van der Waals surface area contributed by atoms with Crippen LogP contribution in [0.3, 0.4) is 0 Å². The smallest absolute Gasteiger partial charge is 0.131 e. The Hall–Kier alpha value is -14.6. The zero-order valence-electron chi connectivity index (χ0n) is 57.8. The number of hydrogen-bond donors (Lipinski definition) is 0. The van der Waals surface area contributed by atoms with E-state index in [0.29, 0.717) is 0 Å². The van der Waals surface area contributed by atoms with E-state index in [-0.39, 0.29) is 0 Å². The van der Waals surface area contributed by atoms with Gasteiger partial charge >= 0.3 is 0 Å². The highest BCUT2D eigenvalue weighted by Gasteiger charge is 2.32. The van der Waals surface area contributed by atoms with Crippen LogP contribution in [-0.4, -0.2) is 35.9 Å². The molecule has 0 aliphatic carbocycles. The van der Waals surface area contributed by atoms with Gasteiger partial charge in [0, 0.05) is 141 Å². The molecule has 0 spiro atoms. The van der Waals surface area contributed by atoms with Crippen molar-refractivity contribution >= 4 is 218 Å². The summed E-state index contributed by atoms with van der Waals surface area (Å²) >= 11 is 0. The number of aromatic nitrogens is 8. The van der Waals surface area contributed by atoms with Gasteiger partial charge in [0.15, 0.2) is 0 Å². The Morgan fingerprint density at radius 3 is 0.833 bits per heavy atom. The Morgan fingerprint density at radius 2 is 0.407 bits per heavy atom. The van der Waals surface area contributed by atoms with E-state index in [1.165, 1.54) is 224 Å². The molecule has 28 aromatic rings. The SMILES string of the molecule is c1ccc2c(c1)c1ccccc1n2-c1ccc2c(c1)c1cccc3c4c5cc(-c6ccc7c8cc(-n9c%10ccccc%10c%10ccccc%109)cc9c%10c%11cc(-n%12c%13ccccc%13c%13ccccc%13%12)cc%12c%13ccccc%13n(c%12%11)c%10n(c7c6)c89)cc6c7cc(-n8c9ccccc9c9ccccc98)ccc7n(c65)c4n2c13. The average molecular weight is 1370 g/mol. The van der Waals surface area contributed by atoms with Crippen LogP contribution in [0.25, 0.3) is 252 Å². The van der Waals surface area contributed by atoms with Crippen molar-refractivity contribution < 1.29 is 0 Å². The second kappa shape index (κ2) is 19.0. The molecule has 494 valence electrons. The predicted octanol–water partition coefficient (Wildman–Crippen LogP) is 26.0. The van der Waals surface area contributed by atoms with Crippen LogP contribution in [0, 0.1) is 0 Å². The first-order chi connectivity index (χ1) is 53.6. The lowest BCUT2D eigenvalue weighted by atomic mass is 9.97. The van der Waals surface area contributed by atoms with Crippen molar-refractivity contribution in [3.8, 4) is 33.9 Å². The van der Waals surface area contributed by atoms with Gasteiger partial charge in [-0.15, -0.1) is 0 Å². The molecule has 16 aromatic carbocycles. The number of rotatable bonds is 5. The van der Waals surface area contributed by atoms with Gasteiger partial charge in [-0.1, -0.05) is 194 Å². The van der Waals surface area contributed by atoms with E-state index in [2.05, 4.69) is 363 Å². The number of para-hydroxylation sites is 10. The lowest BCUT2D eigenvalue weighted by molar-refractivity contribution is 1.18. The van der Waals surface area contributed by atoms with E-state index < -0.39 is 0 Å². The second-order valence-electron chi connectivity index (χ2n) is 30.3. The van der Waals surface area contributed by atoms with Crippen molar-refractivity contribution in [2.45, 2.75) is 0 Å². The largest absolute Gasteiger partial charge is 0.309 e.